The first-order chi connectivity index (χ1) is 20.2. The maximum absolute atomic E-state index is 13.4. The Hall–Kier alpha value is -3.68. The summed E-state index contributed by atoms with van der Waals surface area (Å²) < 4.78 is 22.2. The smallest absolute Gasteiger partial charge is 0.338 e. The SMILES string of the molecule is COc1cc(O)c2c(c1C)C(=O)OC[C@H](COC(=O)c1ccc(CN)cc1)CCC(=S)N[C@H](c1nc(C)no1)CSC2. The number of nitrogens with two attached hydrogens (primary N) is 1. The summed E-state index contributed by atoms with van der Waals surface area (Å²) in [6.45, 7) is 3.82. The third-order valence-electron chi connectivity index (χ3n) is 6.86. The first-order valence-electron chi connectivity index (χ1n) is 13.4. The highest BCUT2D eigenvalue weighted by Crippen LogP contribution is 2.36. The lowest BCUT2D eigenvalue weighted by Gasteiger charge is -2.22. The van der Waals surface area contributed by atoms with Crippen LogP contribution in [0.3, 0.4) is 0 Å². The van der Waals surface area contributed by atoms with Gasteiger partial charge in [0, 0.05) is 41.2 Å². The topological polar surface area (TPSA) is 159 Å². The van der Waals surface area contributed by atoms with Crippen LogP contribution in [0, 0.1) is 19.8 Å². The highest BCUT2D eigenvalue weighted by Gasteiger charge is 2.27. The van der Waals surface area contributed by atoms with E-state index in [-0.39, 0.29) is 30.4 Å². The number of aromatic nitrogens is 2. The van der Waals surface area contributed by atoms with Crippen LogP contribution < -0.4 is 15.8 Å². The predicted molar refractivity (Wildman–Crippen MR) is 161 cm³/mol. The fourth-order valence-electron chi connectivity index (χ4n) is 4.48. The van der Waals surface area contributed by atoms with Gasteiger partial charge in [-0.3, -0.25) is 0 Å². The Kier molecular flexibility index (Phi) is 10.8. The van der Waals surface area contributed by atoms with Crippen molar-refractivity contribution in [1.29, 1.82) is 0 Å². The zero-order chi connectivity index (χ0) is 30.2. The molecule has 0 unspecified atom stereocenters. The second kappa shape index (κ2) is 14.5. The molecule has 2 atom stereocenters. The van der Waals surface area contributed by atoms with Gasteiger partial charge in [0.25, 0.3) is 0 Å². The number of fused-ring (bicyclic) bond motifs is 1. The van der Waals surface area contributed by atoms with Gasteiger partial charge in [0.1, 0.15) is 17.5 Å². The Labute approximate surface area is 253 Å². The summed E-state index contributed by atoms with van der Waals surface area (Å²) in [4.78, 5) is 31.1. The van der Waals surface area contributed by atoms with E-state index < -0.39 is 18.0 Å². The van der Waals surface area contributed by atoms with Gasteiger partial charge in [-0.1, -0.05) is 29.5 Å². The first-order valence-corrected chi connectivity index (χ1v) is 15.0. The van der Waals surface area contributed by atoms with Gasteiger partial charge in [0.15, 0.2) is 5.82 Å². The number of benzene rings is 2. The molecule has 224 valence electrons. The predicted octanol–water partition coefficient (Wildman–Crippen LogP) is 4.17. The summed E-state index contributed by atoms with van der Waals surface area (Å²) in [5, 5.41) is 18.0. The number of phenolic OH excluding ortho intramolecular Hbond substituents is 1. The molecule has 11 nitrogen and oxygen atoms in total. The van der Waals surface area contributed by atoms with Crippen molar-refractivity contribution in [2.24, 2.45) is 11.7 Å². The molecule has 4 N–H and O–H groups in total. The summed E-state index contributed by atoms with van der Waals surface area (Å²) in [5.74, 6) is 0.470. The average Bonchev–Trinajstić information content (AvgIpc) is 3.43. The van der Waals surface area contributed by atoms with Gasteiger partial charge in [-0.15, -0.1) is 0 Å². The Balaban J connectivity index is 1.59. The molecule has 0 radical (unpaired) electrons. The minimum Gasteiger partial charge on any atom is -0.507 e. The molecule has 1 aliphatic heterocycles. The van der Waals surface area contributed by atoms with Crippen LogP contribution in [0.25, 0.3) is 0 Å². The number of esters is 2. The minimum absolute atomic E-state index is 0.00466. The van der Waals surface area contributed by atoms with Crippen LogP contribution >= 0.6 is 24.0 Å². The number of cyclic esters (lactones) is 1. The van der Waals surface area contributed by atoms with Gasteiger partial charge in [-0.05, 0) is 44.4 Å². The molecule has 4 rings (SSSR count). The summed E-state index contributed by atoms with van der Waals surface area (Å²) in [7, 11) is 1.47. The molecule has 2 heterocycles. The second-order valence-corrected chi connectivity index (χ2v) is 11.4. The molecule has 0 fully saturated rings. The summed E-state index contributed by atoms with van der Waals surface area (Å²) >= 11 is 7.09. The number of methoxy groups -OCH3 is 1. The van der Waals surface area contributed by atoms with Crippen molar-refractivity contribution in [3.8, 4) is 11.5 Å². The maximum atomic E-state index is 13.4. The Morgan fingerprint density at radius 3 is 2.71 bits per heavy atom. The van der Waals surface area contributed by atoms with E-state index in [4.69, 9.17) is 36.7 Å². The van der Waals surface area contributed by atoms with Crippen LogP contribution in [-0.4, -0.2) is 58.3 Å². The van der Waals surface area contributed by atoms with E-state index in [0.29, 0.717) is 70.0 Å². The third-order valence-corrected chi connectivity index (χ3v) is 8.24. The van der Waals surface area contributed by atoms with Crippen molar-refractivity contribution < 1.29 is 33.4 Å². The molecule has 42 heavy (non-hydrogen) atoms. The fourth-order valence-corrected chi connectivity index (χ4v) is 5.81. The molecule has 3 aromatic rings. The number of nitrogens with one attached hydrogen (secondary N) is 1. The molecule has 0 spiro atoms. The largest absolute Gasteiger partial charge is 0.507 e. The van der Waals surface area contributed by atoms with E-state index in [1.54, 1.807) is 38.1 Å². The zero-order valence-corrected chi connectivity index (χ0v) is 25.3. The average molecular weight is 615 g/mol. The lowest BCUT2D eigenvalue weighted by molar-refractivity contribution is 0.0248. The highest BCUT2D eigenvalue weighted by molar-refractivity contribution is 7.98. The van der Waals surface area contributed by atoms with E-state index >= 15 is 0 Å². The standard InChI is InChI=1S/C29H34N4O7S2/c1-16-24(37-3)10-23(34)21-14-42-15-22(27-31-17(2)33-40-27)32-25(41)9-6-19(13-39-29(36)26(16)21)12-38-28(35)20-7-4-18(11-30)5-8-20/h4-5,7-8,10,19,22,34H,6,9,11-15,30H2,1-3H3,(H,32,41)/t19-,22-/m0/s1. The molecule has 0 bridgehead atoms. The van der Waals surface area contributed by atoms with E-state index in [2.05, 4.69) is 15.5 Å². The Bertz CT molecular complexity index is 1430. The van der Waals surface area contributed by atoms with Crippen LogP contribution in [0.15, 0.2) is 34.9 Å². The zero-order valence-electron chi connectivity index (χ0n) is 23.7. The van der Waals surface area contributed by atoms with Crippen LogP contribution in [0.4, 0.5) is 0 Å². The van der Waals surface area contributed by atoms with E-state index in [1.165, 1.54) is 24.9 Å². The van der Waals surface area contributed by atoms with Crippen LogP contribution in [0.1, 0.15) is 68.0 Å². The van der Waals surface area contributed by atoms with Crippen molar-refractivity contribution in [1.82, 2.24) is 15.5 Å². The molecule has 13 heteroatoms. The monoisotopic (exact) mass is 614 g/mol. The van der Waals surface area contributed by atoms with Gasteiger partial charge in [-0.25, -0.2) is 9.59 Å². The summed E-state index contributed by atoms with van der Waals surface area (Å²) in [5.41, 5.74) is 8.15. The number of rotatable bonds is 6. The van der Waals surface area contributed by atoms with Crippen LogP contribution in [0.2, 0.25) is 0 Å². The molecule has 1 aliphatic rings. The van der Waals surface area contributed by atoms with Crippen molar-refractivity contribution in [2.75, 3.05) is 26.1 Å². The van der Waals surface area contributed by atoms with Gasteiger partial charge in [0.2, 0.25) is 5.89 Å². The van der Waals surface area contributed by atoms with Crippen molar-refractivity contribution in [3.63, 3.8) is 0 Å². The van der Waals surface area contributed by atoms with Gasteiger partial charge < -0.3 is 34.9 Å². The molecule has 0 saturated heterocycles. The molecule has 0 amide bonds. The molecule has 0 saturated carbocycles. The Morgan fingerprint density at radius 2 is 2.05 bits per heavy atom. The van der Waals surface area contributed by atoms with E-state index in [1.807, 2.05) is 0 Å². The number of aromatic hydroxyl groups is 1. The molecule has 1 aromatic heterocycles. The number of phenols is 1. The summed E-state index contributed by atoms with van der Waals surface area (Å²) in [6, 6.07) is 7.96. The number of carbonyl (C=O) groups excluding carboxylic acids is 2. The van der Waals surface area contributed by atoms with Crippen molar-refractivity contribution >= 4 is 40.9 Å². The van der Waals surface area contributed by atoms with E-state index in [9.17, 15) is 14.7 Å². The van der Waals surface area contributed by atoms with Crippen LogP contribution in [-0.2, 0) is 21.8 Å². The van der Waals surface area contributed by atoms with Gasteiger partial charge >= 0.3 is 11.9 Å². The number of aryl methyl sites for hydroxylation is 1. The lowest BCUT2D eigenvalue weighted by atomic mass is 10.0. The maximum Gasteiger partial charge on any atom is 0.338 e. The van der Waals surface area contributed by atoms with Gasteiger partial charge in [-0.2, -0.15) is 16.7 Å². The molecule has 2 aromatic carbocycles. The van der Waals surface area contributed by atoms with Crippen LogP contribution in [0.5, 0.6) is 11.5 Å². The number of thioether (sulfide) groups is 1. The number of carbonyl (C=O) groups is 2. The lowest BCUT2D eigenvalue weighted by Crippen LogP contribution is -2.30. The minimum atomic E-state index is -0.604. The number of ether oxygens (including phenoxy) is 3. The number of hydrogen-bond acceptors (Lipinski definition) is 12. The number of nitrogens with zero attached hydrogens (tertiary/aromatic N) is 2. The number of thiocarbonyl (C=S) groups is 1. The molecular formula is C29H34N4O7S2. The molecular weight excluding hydrogens is 580 g/mol. The third kappa shape index (κ3) is 7.78. The second-order valence-electron chi connectivity index (χ2n) is 9.89. The molecule has 0 aliphatic carbocycles. The fraction of sp³-hybridized carbons (Fsp3) is 0.414. The first kappa shape index (κ1) is 31.3. The van der Waals surface area contributed by atoms with E-state index in [0.717, 1.165) is 5.56 Å². The van der Waals surface area contributed by atoms with Gasteiger partial charge in [0.05, 0.1) is 36.4 Å². The normalized spacial score (nSPS) is 18.3. The summed E-state index contributed by atoms with van der Waals surface area (Å²) in [6.07, 6.45) is 0.912. The van der Waals surface area contributed by atoms with Crippen molar-refractivity contribution in [2.45, 2.75) is 45.0 Å². The highest BCUT2D eigenvalue weighted by atomic mass is 32.2. The number of hydrogen-bond donors (Lipinski definition) is 3. The van der Waals surface area contributed by atoms with Crippen molar-refractivity contribution in [3.05, 3.63) is 69.9 Å². The quantitative estimate of drug-likeness (QED) is 0.268. The Morgan fingerprint density at radius 1 is 1.29 bits per heavy atom.